The first kappa shape index (κ1) is 50.9. The van der Waals surface area contributed by atoms with Crippen LogP contribution in [0.1, 0.15) is 46.4 Å². The highest BCUT2D eigenvalue weighted by molar-refractivity contribution is 9.09. The summed E-state index contributed by atoms with van der Waals surface area (Å²) in [5.41, 5.74) is 5.08. The Labute approximate surface area is 423 Å². The fourth-order valence-corrected chi connectivity index (χ4v) is 8.07. The lowest BCUT2D eigenvalue weighted by molar-refractivity contribution is -0.112. The zero-order valence-electron chi connectivity index (χ0n) is 38.4. The molecule has 0 unspecified atom stereocenters. The normalized spacial score (nSPS) is 14.4. The molecule has 8 rings (SSSR count). The van der Waals surface area contributed by atoms with Gasteiger partial charge in [0.05, 0.1) is 33.8 Å². The number of aromatic nitrogens is 8. The summed E-state index contributed by atoms with van der Waals surface area (Å²) in [7, 11) is 3.87. The number of aromatic amines is 2. The first-order chi connectivity index (χ1) is 33.9. The molecular weight excluding hydrogens is 1000 g/mol. The van der Waals surface area contributed by atoms with Crippen LogP contribution in [-0.4, -0.2) is 143 Å². The molecule has 6 aromatic rings. The van der Waals surface area contributed by atoms with Crippen molar-refractivity contribution in [2.45, 2.75) is 37.8 Å². The maximum Gasteiger partial charge on any atom is 0.253 e. The molecule has 70 heavy (non-hydrogen) atoms. The van der Waals surface area contributed by atoms with Gasteiger partial charge in [-0.15, -0.1) is 0 Å². The standard InChI is InChI=1S/C25H29ClN8O2.C23H23BrClN7O2/c1-33(2)13-3-4-22(35)29-18-7-5-17(6-8-18)24(36)34-14-10-19(11-15-34)30-25-27-16-20(26)23(31-25)21-9-12-28-32-21;24-10-1-2-20(33)28-16-5-3-15(4-6-16)22(34)32-12-8-17(9-13-32)29-23-26-14-18(25)21(30-23)19-7-11-27-31-19/h3-9,12,16,19H,10-11,13-15H2,1-2H3,(H,28,32)(H,29,35)(H,27,30,31);1-7,11,14,17H,8-10,12-13H2,(H,27,31)(H,28,33)(H,26,29,30)/b4-3+;2-1+. The van der Waals surface area contributed by atoms with Crippen LogP contribution < -0.4 is 21.3 Å². The molecule has 0 spiro atoms. The quantitative estimate of drug-likeness (QED) is 0.0435. The minimum absolute atomic E-state index is 0.0264. The number of nitrogens with zero attached hydrogens (tertiary/aromatic N) is 9. The third kappa shape index (κ3) is 14.5. The number of carbonyl (C=O) groups excluding carboxylic acids is 4. The molecule has 0 radical (unpaired) electrons. The van der Waals surface area contributed by atoms with Crippen molar-refractivity contribution in [3.8, 4) is 22.8 Å². The number of likely N-dealkylation sites (tertiary alicyclic amines) is 2. The van der Waals surface area contributed by atoms with Crippen molar-refractivity contribution in [2.75, 3.05) is 73.4 Å². The predicted molar refractivity (Wildman–Crippen MR) is 275 cm³/mol. The Bertz CT molecular complexity index is 2740. The van der Waals surface area contributed by atoms with Crippen LogP contribution in [0, 0.1) is 0 Å². The van der Waals surface area contributed by atoms with Crippen LogP contribution in [0.25, 0.3) is 22.8 Å². The zero-order chi connectivity index (χ0) is 49.4. The molecule has 19 nitrogen and oxygen atoms in total. The second kappa shape index (κ2) is 25.0. The lowest BCUT2D eigenvalue weighted by Gasteiger charge is -2.32. The third-order valence-electron chi connectivity index (χ3n) is 11.1. The summed E-state index contributed by atoms with van der Waals surface area (Å²) in [6, 6.07) is 17.8. The maximum atomic E-state index is 13.0. The van der Waals surface area contributed by atoms with E-state index in [2.05, 4.69) is 77.5 Å². The van der Waals surface area contributed by atoms with E-state index in [1.165, 1.54) is 12.2 Å². The van der Waals surface area contributed by atoms with Crippen LogP contribution in [0.4, 0.5) is 23.3 Å². The Kier molecular flexibility index (Phi) is 18.2. The van der Waals surface area contributed by atoms with E-state index in [9.17, 15) is 19.2 Å². The van der Waals surface area contributed by atoms with Gasteiger partial charge in [-0.1, -0.05) is 51.3 Å². The summed E-state index contributed by atoms with van der Waals surface area (Å²) >= 11 is 15.7. The number of hydrogen-bond acceptors (Lipinski definition) is 13. The number of carbonyl (C=O) groups is 4. The fraction of sp³-hybridized carbons (Fsp3) is 0.292. The van der Waals surface area contributed by atoms with E-state index in [1.807, 2.05) is 28.8 Å². The molecule has 364 valence electrons. The number of allylic oxidation sites excluding steroid dienone is 1. The lowest BCUT2D eigenvalue weighted by Crippen LogP contribution is -2.42. The smallest absolute Gasteiger partial charge is 0.253 e. The minimum atomic E-state index is -0.213. The van der Waals surface area contributed by atoms with Crippen molar-refractivity contribution in [1.82, 2.24) is 55.0 Å². The van der Waals surface area contributed by atoms with Crippen molar-refractivity contribution in [3.63, 3.8) is 0 Å². The Balaban J connectivity index is 0.000000207. The Hall–Kier alpha value is -7.00. The van der Waals surface area contributed by atoms with Crippen LogP contribution in [0.2, 0.25) is 10.0 Å². The second-order valence-electron chi connectivity index (χ2n) is 16.5. The summed E-state index contributed by atoms with van der Waals surface area (Å²) in [6.07, 6.45) is 16.0. The molecule has 0 bridgehead atoms. The lowest BCUT2D eigenvalue weighted by atomic mass is 10.0. The van der Waals surface area contributed by atoms with E-state index in [0.717, 1.165) is 37.1 Å². The van der Waals surface area contributed by atoms with Gasteiger partial charge < -0.3 is 36.0 Å². The number of benzene rings is 2. The molecule has 0 atom stereocenters. The van der Waals surface area contributed by atoms with Crippen molar-refractivity contribution >= 4 is 86.0 Å². The minimum Gasteiger partial charge on any atom is -0.351 e. The molecule has 0 saturated carbocycles. The number of piperidine rings is 2. The summed E-state index contributed by atoms with van der Waals surface area (Å²) in [4.78, 5) is 72.9. The molecular formula is C48H52BrCl2N15O4. The summed E-state index contributed by atoms with van der Waals surface area (Å²) in [6.45, 7) is 3.16. The Morgan fingerprint density at radius 1 is 0.657 bits per heavy atom. The van der Waals surface area contributed by atoms with Gasteiger partial charge in [0.2, 0.25) is 23.7 Å². The summed E-state index contributed by atoms with van der Waals surface area (Å²) < 4.78 is 0. The van der Waals surface area contributed by atoms with Crippen molar-refractivity contribution in [1.29, 1.82) is 0 Å². The first-order valence-electron chi connectivity index (χ1n) is 22.4. The summed E-state index contributed by atoms with van der Waals surface area (Å²) in [5.74, 6) is 0.507. The average molecular weight is 1050 g/mol. The van der Waals surface area contributed by atoms with Gasteiger partial charge in [-0.05, 0) is 100 Å². The number of rotatable bonds is 15. The number of H-pyrrole nitrogens is 2. The van der Waals surface area contributed by atoms with Crippen LogP contribution in [0.3, 0.4) is 0 Å². The van der Waals surface area contributed by atoms with Crippen LogP contribution >= 0.6 is 39.1 Å². The van der Waals surface area contributed by atoms with Crippen molar-refractivity contribution in [2.24, 2.45) is 0 Å². The number of alkyl halides is 1. The fourth-order valence-electron chi connectivity index (χ4n) is 7.49. The van der Waals surface area contributed by atoms with Gasteiger partial charge in [-0.3, -0.25) is 29.4 Å². The molecule has 2 saturated heterocycles. The van der Waals surface area contributed by atoms with E-state index in [-0.39, 0.29) is 35.7 Å². The Morgan fingerprint density at radius 3 is 1.44 bits per heavy atom. The molecule has 4 amide bonds. The van der Waals surface area contributed by atoms with Crippen molar-refractivity contribution < 1.29 is 19.2 Å². The topological polar surface area (TPSA) is 235 Å². The predicted octanol–water partition coefficient (Wildman–Crippen LogP) is 7.42. The van der Waals surface area contributed by atoms with E-state index in [4.69, 9.17) is 23.2 Å². The molecule has 2 aliphatic heterocycles. The van der Waals surface area contributed by atoms with Crippen LogP contribution in [0.5, 0.6) is 0 Å². The average Bonchev–Trinajstić information content (AvgIpc) is 4.12. The highest BCUT2D eigenvalue weighted by Gasteiger charge is 2.26. The van der Waals surface area contributed by atoms with Crippen molar-refractivity contribution in [3.05, 3.63) is 131 Å². The molecule has 6 heterocycles. The monoisotopic (exact) mass is 1050 g/mol. The van der Waals surface area contributed by atoms with Gasteiger partial charge in [0.25, 0.3) is 11.8 Å². The number of nitrogens with one attached hydrogen (secondary N) is 6. The van der Waals surface area contributed by atoms with E-state index in [1.54, 1.807) is 97.6 Å². The van der Waals surface area contributed by atoms with Crippen LogP contribution in [0.15, 0.2) is 110 Å². The van der Waals surface area contributed by atoms with E-state index < -0.39 is 0 Å². The molecule has 0 aliphatic carbocycles. The highest BCUT2D eigenvalue weighted by Crippen LogP contribution is 2.27. The number of halogens is 3. The number of anilines is 4. The number of amides is 4. The summed E-state index contributed by atoms with van der Waals surface area (Å²) in [5, 5.41) is 27.4. The van der Waals surface area contributed by atoms with E-state index >= 15 is 0 Å². The maximum absolute atomic E-state index is 13.0. The molecule has 22 heteroatoms. The SMILES string of the molecule is CN(C)C/C=C/C(=O)Nc1ccc(C(=O)N2CCC(Nc3ncc(Cl)c(-c4ccn[nH]4)n3)CC2)cc1.O=C(/C=C/CBr)Nc1ccc(C(=O)N2CCC(Nc3ncc(Cl)c(-c4ccn[nH]4)n3)CC2)cc1. The molecule has 4 aromatic heterocycles. The molecule has 2 fully saturated rings. The largest absolute Gasteiger partial charge is 0.351 e. The molecule has 2 aromatic carbocycles. The van der Waals surface area contributed by atoms with Gasteiger partial charge in [0.1, 0.15) is 11.4 Å². The number of likely N-dealkylation sites (N-methyl/N-ethyl adjacent to an activating group) is 1. The van der Waals surface area contributed by atoms with Crippen LogP contribution in [-0.2, 0) is 9.59 Å². The first-order valence-corrected chi connectivity index (χ1v) is 24.3. The van der Waals surface area contributed by atoms with Gasteiger partial charge in [-0.25, -0.2) is 19.9 Å². The van der Waals surface area contributed by atoms with Gasteiger partial charge >= 0.3 is 0 Å². The zero-order valence-corrected chi connectivity index (χ0v) is 41.5. The third-order valence-corrected chi connectivity index (χ3v) is 12.1. The van der Waals surface area contributed by atoms with E-state index in [0.29, 0.717) is 93.9 Å². The molecule has 2 aliphatic rings. The van der Waals surface area contributed by atoms with Gasteiger partial charge in [0, 0.05) is 97.2 Å². The highest BCUT2D eigenvalue weighted by atomic mass is 79.9. The Morgan fingerprint density at radius 2 is 1.07 bits per heavy atom. The van der Waals surface area contributed by atoms with Gasteiger partial charge in [0.15, 0.2) is 0 Å². The molecule has 6 N–H and O–H groups in total. The van der Waals surface area contributed by atoms with Gasteiger partial charge in [-0.2, -0.15) is 10.2 Å². The number of hydrogen-bond donors (Lipinski definition) is 6. The second-order valence-corrected chi connectivity index (χ2v) is 18.0.